The summed E-state index contributed by atoms with van der Waals surface area (Å²) in [4.78, 5) is 3.16. The minimum Gasteiger partial charge on any atom is -0.393 e. The molecule has 1 heterocycles. The van der Waals surface area contributed by atoms with Crippen molar-refractivity contribution in [1.82, 2.24) is 4.90 Å². The van der Waals surface area contributed by atoms with Crippen LogP contribution in [-0.2, 0) is 0 Å². The van der Waals surface area contributed by atoms with E-state index in [1.807, 2.05) is 0 Å². The fraction of sp³-hybridized carbons (Fsp3) is 0.562. The summed E-state index contributed by atoms with van der Waals surface area (Å²) in [5.74, 6) is 1.17. The first-order valence-corrected chi connectivity index (χ1v) is 8.58. The molecule has 2 rings (SSSR count). The van der Waals surface area contributed by atoms with E-state index in [2.05, 4.69) is 60.8 Å². The lowest BCUT2D eigenvalue weighted by atomic mass is 10.0. The molecule has 4 heteroatoms. The Balaban J connectivity index is 2.16. The predicted octanol–water partition coefficient (Wildman–Crippen LogP) is 3.62. The SMILES string of the molecule is CC1(C)CCN(C(CC(N)=S)c2ccccc2)CCS1. The number of benzene rings is 1. The standard InChI is InChI=1S/C16H24N2S2/c1-16(2)8-9-18(10-11-20-16)14(12-15(17)19)13-6-4-3-5-7-13/h3-7,14H,8-12H2,1-2H3,(H2,17,19). The lowest BCUT2D eigenvalue weighted by molar-refractivity contribution is 0.211. The van der Waals surface area contributed by atoms with E-state index in [0.29, 0.717) is 15.8 Å². The summed E-state index contributed by atoms with van der Waals surface area (Å²) in [6, 6.07) is 10.9. The molecule has 2 nitrogen and oxygen atoms in total. The van der Waals surface area contributed by atoms with Crippen LogP contribution in [0.25, 0.3) is 0 Å². The third-order valence-electron chi connectivity index (χ3n) is 3.89. The van der Waals surface area contributed by atoms with Crippen LogP contribution in [0.3, 0.4) is 0 Å². The van der Waals surface area contributed by atoms with E-state index in [0.717, 1.165) is 19.5 Å². The van der Waals surface area contributed by atoms with Crippen molar-refractivity contribution in [2.75, 3.05) is 18.8 Å². The van der Waals surface area contributed by atoms with Crippen LogP contribution in [0.4, 0.5) is 0 Å². The Morgan fingerprint density at radius 2 is 2.05 bits per heavy atom. The van der Waals surface area contributed by atoms with Crippen molar-refractivity contribution in [3.05, 3.63) is 35.9 Å². The highest BCUT2D eigenvalue weighted by molar-refractivity contribution is 8.00. The Kier molecular flexibility index (Phi) is 5.47. The molecule has 2 N–H and O–H groups in total. The molecule has 1 atom stereocenters. The Hall–Kier alpha value is -0.580. The summed E-state index contributed by atoms with van der Waals surface area (Å²) in [6.07, 6.45) is 1.97. The van der Waals surface area contributed by atoms with E-state index in [9.17, 15) is 0 Å². The van der Waals surface area contributed by atoms with Crippen molar-refractivity contribution in [2.24, 2.45) is 5.73 Å². The van der Waals surface area contributed by atoms with Crippen LogP contribution in [0.5, 0.6) is 0 Å². The molecule has 1 aromatic carbocycles. The molecule has 20 heavy (non-hydrogen) atoms. The number of nitrogens with two attached hydrogens (primary N) is 1. The first-order valence-electron chi connectivity index (χ1n) is 7.19. The zero-order valence-electron chi connectivity index (χ0n) is 12.3. The highest BCUT2D eigenvalue weighted by Gasteiger charge is 2.28. The second-order valence-corrected chi connectivity index (χ2v) is 8.32. The van der Waals surface area contributed by atoms with Gasteiger partial charge in [-0.2, -0.15) is 11.8 Å². The third-order valence-corrected chi connectivity index (χ3v) is 5.43. The van der Waals surface area contributed by atoms with E-state index in [1.165, 1.54) is 17.7 Å². The second-order valence-electron chi connectivity index (χ2n) is 5.99. The van der Waals surface area contributed by atoms with Gasteiger partial charge in [-0.15, -0.1) is 0 Å². The molecule has 1 aromatic rings. The first kappa shape index (κ1) is 15.8. The van der Waals surface area contributed by atoms with Crippen molar-refractivity contribution in [3.8, 4) is 0 Å². The maximum Gasteiger partial charge on any atom is 0.0746 e. The summed E-state index contributed by atoms with van der Waals surface area (Å²) < 4.78 is 0.374. The molecule has 1 saturated heterocycles. The Labute approximate surface area is 132 Å². The van der Waals surface area contributed by atoms with E-state index in [4.69, 9.17) is 18.0 Å². The summed E-state index contributed by atoms with van der Waals surface area (Å²) >= 11 is 7.24. The zero-order valence-corrected chi connectivity index (χ0v) is 14.0. The fourth-order valence-corrected chi connectivity index (χ4v) is 3.94. The molecular weight excluding hydrogens is 284 g/mol. The molecule has 0 amide bonds. The van der Waals surface area contributed by atoms with Crippen LogP contribution in [0, 0.1) is 0 Å². The summed E-state index contributed by atoms with van der Waals surface area (Å²) in [5.41, 5.74) is 7.15. The van der Waals surface area contributed by atoms with Crippen LogP contribution in [0.1, 0.15) is 38.3 Å². The van der Waals surface area contributed by atoms with Crippen molar-refractivity contribution < 1.29 is 0 Å². The van der Waals surface area contributed by atoms with Crippen LogP contribution in [0.15, 0.2) is 30.3 Å². The van der Waals surface area contributed by atoms with Gasteiger partial charge in [-0.25, -0.2) is 0 Å². The number of hydrogen-bond acceptors (Lipinski definition) is 3. The lowest BCUT2D eigenvalue weighted by Crippen LogP contribution is -2.34. The molecule has 0 spiro atoms. The smallest absolute Gasteiger partial charge is 0.0746 e. The average Bonchev–Trinajstić information content (AvgIpc) is 2.58. The van der Waals surface area contributed by atoms with Gasteiger partial charge in [0, 0.05) is 36.1 Å². The maximum absolute atomic E-state index is 5.83. The Morgan fingerprint density at radius 3 is 2.70 bits per heavy atom. The van der Waals surface area contributed by atoms with E-state index >= 15 is 0 Å². The van der Waals surface area contributed by atoms with Gasteiger partial charge < -0.3 is 5.73 Å². The number of nitrogens with zero attached hydrogens (tertiary/aromatic N) is 1. The highest BCUT2D eigenvalue weighted by atomic mass is 32.2. The lowest BCUT2D eigenvalue weighted by Gasteiger charge is -2.31. The first-order chi connectivity index (χ1) is 9.48. The Morgan fingerprint density at radius 1 is 1.35 bits per heavy atom. The minimum atomic E-state index is 0.322. The molecule has 1 aliphatic heterocycles. The monoisotopic (exact) mass is 308 g/mol. The Bertz CT molecular complexity index is 445. The molecule has 1 aliphatic rings. The quantitative estimate of drug-likeness (QED) is 0.860. The molecule has 0 radical (unpaired) electrons. The van der Waals surface area contributed by atoms with Gasteiger partial charge in [0.15, 0.2) is 0 Å². The van der Waals surface area contributed by atoms with E-state index in [1.54, 1.807) is 0 Å². The molecule has 0 aliphatic carbocycles. The van der Waals surface area contributed by atoms with Crippen molar-refractivity contribution in [1.29, 1.82) is 0 Å². The minimum absolute atomic E-state index is 0.322. The summed E-state index contributed by atoms with van der Waals surface area (Å²) in [6.45, 7) is 6.90. The summed E-state index contributed by atoms with van der Waals surface area (Å²) in [7, 11) is 0. The van der Waals surface area contributed by atoms with Gasteiger partial charge in [0.1, 0.15) is 0 Å². The van der Waals surface area contributed by atoms with Crippen LogP contribution in [-0.4, -0.2) is 33.5 Å². The topological polar surface area (TPSA) is 29.3 Å². The molecule has 0 aromatic heterocycles. The van der Waals surface area contributed by atoms with E-state index < -0.39 is 0 Å². The predicted molar refractivity (Wildman–Crippen MR) is 93.3 cm³/mol. The molecule has 1 fully saturated rings. The van der Waals surface area contributed by atoms with Crippen LogP contribution in [0.2, 0.25) is 0 Å². The number of thiocarbonyl (C=S) groups is 1. The van der Waals surface area contributed by atoms with Crippen molar-refractivity contribution in [2.45, 2.75) is 37.5 Å². The van der Waals surface area contributed by atoms with Gasteiger partial charge in [0.2, 0.25) is 0 Å². The molecule has 0 bridgehead atoms. The van der Waals surface area contributed by atoms with E-state index in [-0.39, 0.29) is 0 Å². The average molecular weight is 309 g/mol. The fourth-order valence-electron chi connectivity index (χ4n) is 2.67. The van der Waals surface area contributed by atoms with Gasteiger partial charge in [-0.3, -0.25) is 4.90 Å². The molecule has 0 saturated carbocycles. The van der Waals surface area contributed by atoms with Gasteiger partial charge in [0.25, 0.3) is 0 Å². The third kappa shape index (κ3) is 4.47. The normalized spacial score (nSPS) is 21.1. The highest BCUT2D eigenvalue weighted by Crippen LogP contribution is 2.34. The maximum atomic E-state index is 5.83. The number of thioether (sulfide) groups is 1. The molecule has 1 unspecified atom stereocenters. The van der Waals surface area contributed by atoms with Gasteiger partial charge in [-0.1, -0.05) is 56.4 Å². The van der Waals surface area contributed by atoms with Crippen LogP contribution >= 0.6 is 24.0 Å². The van der Waals surface area contributed by atoms with Crippen molar-refractivity contribution >= 4 is 29.0 Å². The second kappa shape index (κ2) is 6.92. The zero-order chi connectivity index (χ0) is 14.6. The molecular formula is C16H24N2S2. The van der Waals surface area contributed by atoms with Crippen LogP contribution < -0.4 is 5.73 Å². The van der Waals surface area contributed by atoms with Gasteiger partial charge >= 0.3 is 0 Å². The number of rotatable bonds is 4. The number of hydrogen-bond donors (Lipinski definition) is 1. The molecule has 110 valence electrons. The largest absolute Gasteiger partial charge is 0.393 e. The van der Waals surface area contributed by atoms with Crippen molar-refractivity contribution in [3.63, 3.8) is 0 Å². The summed E-state index contributed by atoms with van der Waals surface area (Å²) in [5, 5.41) is 0. The van der Waals surface area contributed by atoms with Gasteiger partial charge in [0.05, 0.1) is 4.99 Å². The van der Waals surface area contributed by atoms with Gasteiger partial charge in [-0.05, 0) is 12.0 Å².